The molecule has 0 spiro atoms. The van der Waals surface area contributed by atoms with Crippen LogP contribution in [0.3, 0.4) is 0 Å². The Morgan fingerprint density at radius 3 is 2.71 bits per heavy atom. The second-order valence-corrected chi connectivity index (χ2v) is 5.71. The molecule has 2 unspecified atom stereocenters. The van der Waals surface area contributed by atoms with Crippen LogP contribution >= 0.6 is 0 Å². The van der Waals surface area contributed by atoms with Gasteiger partial charge in [0.15, 0.2) is 5.75 Å². The van der Waals surface area contributed by atoms with E-state index in [1.165, 1.54) is 6.07 Å². The van der Waals surface area contributed by atoms with Crippen LogP contribution in [0.1, 0.15) is 39.5 Å². The minimum Gasteiger partial charge on any atom is -0.484 e. The van der Waals surface area contributed by atoms with Gasteiger partial charge in [0.2, 0.25) is 0 Å². The van der Waals surface area contributed by atoms with Crippen LogP contribution in [0.4, 0.5) is 11.4 Å². The standard InChI is InChI=1S/C15H22N2O4/c1-10(2)21-15-9-11(7-8-13(15)17(19)20)16-12-5-3-4-6-14(12)18/h7-10,12,14,16,18H,3-6H2,1-2H3. The van der Waals surface area contributed by atoms with Gasteiger partial charge in [0.1, 0.15) is 0 Å². The largest absolute Gasteiger partial charge is 0.484 e. The fraction of sp³-hybridized carbons (Fsp3) is 0.600. The van der Waals surface area contributed by atoms with Crippen molar-refractivity contribution >= 4 is 11.4 Å². The first-order valence-corrected chi connectivity index (χ1v) is 7.37. The SMILES string of the molecule is CC(C)Oc1cc(NC2CCCCC2O)ccc1[N+](=O)[O-]. The van der Waals surface area contributed by atoms with Crippen LogP contribution in [-0.4, -0.2) is 28.3 Å². The molecule has 0 heterocycles. The van der Waals surface area contributed by atoms with Crippen molar-refractivity contribution in [2.24, 2.45) is 0 Å². The molecule has 0 saturated heterocycles. The number of nitrogens with zero attached hydrogens (tertiary/aromatic N) is 1. The Kier molecular flexibility index (Phi) is 5.01. The first-order valence-electron chi connectivity index (χ1n) is 7.37. The quantitative estimate of drug-likeness (QED) is 0.644. The van der Waals surface area contributed by atoms with E-state index in [0.29, 0.717) is 0 Å². The molecule has 1 fully saturated rings. The molecule has 2 rings (SSSR count). The molecule has 1 aromatic carbocycles. The number of nitrogens with one attached hydrogen (secondary N) is 1. The number of hydrogen-bond acceptors (Lipinski definition) is 5. The molecule has 0 aliphatic heterocycles. The molecular weight excluding hydrogens is 272 g/mol. The maximum Gasteiger partial charge on any atom is 0.311 e. The predicted molar refractivity (Wildman–Crippen MR) is 80.7 cm³/mol. The van der Waals surface area contributed by atoms with Crippen molar-refractivity contribution < 1.29 is 14.8 Å². The molecule has 2 atom stereocenters. The van der Waals surface area contributed by atoms with Gasteiger partial charge in [-0.15, -0.1) is 0 Å². The maximum absolute atomic E-state index is 11.0. The van der Waals surface area contributed by atoms with Crippen LogP contribution in [0.15, 0.2) is 18.2 Å². The average Bonchev–Trinajstić information content (AvgIpc) is 2.40. The van der Waals surface area contributed by atoms with Gasteiger partial charge in [-0.25, -0.2) is 0 Å². The van der Waals surface area contributed by atoms with E-state index in [9.17, 15) is 15.2 Å². The molecule has 6 nitrogen and oxygen atoms in total. The normalized spacial score (nSPS) is 22.1. The van der Waals surface area contributed by atoms with Crippen LogP contribution in [0, 0.1) is 10.1 Å². The molecule has 6 heteroatoms. The van der Waals surface area contributed by atoms with Crippen molar-refractivity contribution in [3.8, 4) is 5.75 Å². The first-order chi connectivity index (χ1) is 9.97. The van der Waals surface area contributed by atoms with Gasteiger partial charge in [-0.05, 0) is 32.8 Å². The second kappa shape index (κ2) is 6.76. The average molecular weight is 294 g/mol. The van der Waals surface area contributed by atoms with Crippen molar-refractivity contribution in [2.75, 3.05) is 5.32 Å². The summed E-state index contributed by atoms with van der Waals surface area (Å²) in [5.74, 6) is 0.255. The Bertz CT molecular complexity index is 504. The maximum atomic E-state index is 11.0. The van der Waals surface area contributed by atoms with Gasteiger partial charge in [0.25, 0.3) is 0 Å². The summed E-state index contributed by atoms with van der Waals surface area (Å²) in [7, 11) is 0. The number of rotatable bonds is 5. The number of aliphatic hydroxyl groups excluding tert-OH is 1. The zero-order valence-corrected chi connectivity index (χ0v) is 12.4. The lowest BCUT2D eigenvalue weighted by atomic mass is 9.92. The molecule has 0 aromatic heterocycles. The van der Waals surface area contributed by atoms with Crippen LogP contribution in [-0.2, 0) is 0 Å². The summed E-state index contributed by atoms with van der Waals surface area (Å²) in [5.41, 5.74) is 0.695. The van der Waals surface area contributed by atoms with Gasteiger partial charge in [-0.3, -0.25) is 10.1 Å². The summed E-state index contributed by atoms with van der Waals surface area (Å²) in [5, 5.41) is 24.3. The Balaban J connectivity index is 2.18. The van der Waals surface area contributed by atoms with Gasteiger partial charge >= 0.3 is 5.69 Å². The summed E-state index contributed by atoms with van der Waals surface area (Å²) in [6.07, 6.45) is 3.30. The molecule has 116 valence electrons. The molecule has 21 heavy (non-hydrogen) atoms. The van der Waals surface area contributed by atoms with E-state index in [2.05, 4.69) is 5.32 Å². The molecule has 1 aliphatic carbocycles. The molecule has 2 N–H and O–H groups in total. The summed E-state index contributed by atoms with van der Waals surface area (Å²) >= 11 is 0. The van der Waals surface area contributed by atoms with Crippen molar-refractivity contribution in [1.29, 1.82) is 0 Å². The number of hydrogen-bond donors (Lipinski definition) is 2. The summed E-state index contributed by atoms with van der Waals surface area (Å²) in [6.45, 7) is 3.66. The minimum atomic E-state index is -0.447. The number of anilines is 1. The molecule has 1 saturated carbocycles. The van der Waals surface area contributed by atoms with Crippen molar-refractivity contribution in [1.82, 2.24) is 0 Å². The van der Waals surface area contributed by atoms with Crippen molar-refractivity contribution in [3.63, 3.8) is 0 Å². The monoisotopic (exact) mass is 294 g/mol. The highest BCUT2D eigenvalue weighted by Crippen LogP contribution is 2.32. The number of aliphatic hydroxyl groups is 1. The van der Waals surface area contributed by atoms with E-state index in [0.717, 1.165) is 31.4 Å². The van der Waals surface area contributed by atoms with Crippen molar-refractivity contribution in [3.05, 3.63) is 28.3 Å². The zero-order chi connectivity index (χ0) is 15.4. The highest BCUT2D eigenvalue weighted by molar-refractivity contribution is 5.58. The number of ether oxygens (including phenoxy) is 1. The van der Waals surface area contributed by atoms with Crippen LogP contribution in [0.5, 0.6) is 5.75 Å². The second-order valence-electron chi connectivity index (χ2n) is 5.71. The summed E-state index contributed by atoms with van der Waals surface area (Å²) in [6, 6.07) is 4.73. The number of benzene rings is 1. The number of nitro benzene ring substituents is 1. The van der Waals surface area contributed by atoms with Gasteiger partial charge in [0.05, 0.1) is 23.2 Å². The predicted octanol–water partition coefficient (Wildman–Crippen LogP) is 3.10. The summed E-state index contributed by atoms with van der Waals surface area (Å²) < 4.78 is 5.52. The topological polar surface area (TPSA) is 84.6 Å². The van der Waals surface area contributed by atoms with Gasteiger partial charge in [-0.2, -0.15) is 0 Å². The number of nitro groups is 1. The lowest BCUT2D eigenvalue weighted by Crippen LogP contribution is -2.36. The lowest BCUT2D eigenvalue weighted by molar-refractivity contribution is -0.386. The molecule has 0 bridgehead atoms. The molecule has 0 radical (unpaired) electrons. The molecular formula is C15H22N2O4. The van der Waals surface area contributed by atoms with Gasteiger partial charge in [-0.1, -0.05) is 12.8 Å². The zero-order valence-electron chi connectivity index (χ0n) is 12.4. The fourth-order valence-corrected chi connectivity index (χ4v) is 2.60. The third kappa shape index (κ3) is 4.07. The van der Waals surface area contributed by atoms with Gasteiger partial charge < -0.3 is 15.2 Å². The van der Waals surface area contributed by atoms with Crippen LogP contribution < -0.4 is 10.1 Å². The Morgan fingerprint density at radius 2 is 2.10 bits per heavy atom. The summed E-state index contributed by atoms with van der Waals surface area (Å²) in [4.78, 5) is 10.6. The first kappa shape index (κ1) is 15.6. The highest BCUT2D eigenvalue weighted by Gasteiger charge is 2.24. The molecule has 1 aliphatic rings. The third-order valence-corrected chi connectivity index (χ3v) is 3.60. The van der Waals surface area contributed by atoms with Gasteiger partial charge in [0, 0.05) is 17.8 Å². The Labute approximate surface area is 124 Å². The molecule has 0 amide bonds. The smallest absolute Gasteiger partial charge is 0.311 e. The lowest BCUT2D eigenvalue weighted by Gasteiger charge is -2.29. The van der Waals surface area contributed by atoms with E-state index in [1.807, 2.05) is 13.8 Å². The van der Waals surface area contributed by atoms with E-state index in [1.54, 1.807) is 12.1 Å². The fourth-order valence-electron chi connectivity index (χ4n) is 2.60. The highest BCUT2D eigenvalue weighted by atomic mass is 16.6. The van der Waals surface area contributed by atoms with E-state index in [4.69, 9.17) is 4.74 Å². The minimum absolute atomic E-state index is 0.00731. The van der Waals surface area contributed by atoms with E-state index in [-0.39, 0.29) is 29.7 Å². The Hall–Kier alpha value is -1.82. The molecule has 1 aromatic rings. The van der Waals surface area contributed by atoms with E-state index >= 15 is 0 Å². The third-order valence-electron chi connectivity index (χ3n) is 3.60. The van der Waals surface area contributed by atoms with Crippen molar-refractivity contribution in [2.45, 2.75) is 57.8 Å². The Morgan fingerprint density at radius 1 is 1.38 bits per heavy atom. The van der Waals surface area contributed by atoms with Crippen LogP contribution in [0.2, 0.25) is 0 Å². The van der Waals surface area contributed by atoms with Crippen LogP contribution in [0.25, 0.3) is 0 Å². The van der Waals surface area contributed by atoms with E-state index < -0.39 is 4.92 Å².